The Balaban J connectivity index is 1.35. The van der Waals surface area contributed by atoms with Gasteiger partial charge < -0.3 is 10.6 Å². The number of halogens is 1. The summed E-state index contributed by atoms with van der Waals surface area (Å²) in [4.78, 5) is 23.9. The van der Waals surface area contributed by atoms with Crippen molar-refractivity contribution < 1.29 is 14.0 Å². The molecule has 5 heteroatoms. The van der Waals surface area contributed by atoms with E-state index in [4.69, 9.17) is 0 Å². The van der Waals surface area contributed by atoms with Crippen molar-refractivity contribution in [3.8, 4) is 0 Å². The summed E-state index contributed by atoms with van der Waals surface area (Å²) in [7, 11) is 0. The zero-order valence-corrected chi connectivity index (χ0v) is 13.9. The minimum Gasteiger partial charge on any atom is -0.354 e. The summed E-state index contributed by atoms with van der Waals surface area (Å²) >= 11 is 0. The van der Waals surface area contributed by atoms with Crippen molar-refractivity contribution in [3.63, 3.8) is 0 Å². The Morgan fingerprint density at radius 2 is 1.72 bits per heavy atom. The van der Waals surface area contributed by atoms with Crippen LogP contribution in [0, 0.1) is 11.7 Å². The maximum absolute atomic E-state index is 12.9. The zero-order valence-electron chi connectivity index (χ0n) is 13.9. The average molecular weight is 340 g/mol. The van der Waals surface area contributed by atoms with Gasteiger partial charge >= 0.3 is 0 Å². The summed E-state index contributed by atoms with van der Waals surface area (Å²) in [5, 5.41) is 5.48. The maximum atomic E-state index is 12.9. The third-order valence-electron chi connectivity index (χ3n) is 4.43. The number of rotatable bonds is 7. The summed E-state index contributed by atoms with van der Waals surface area (Å²) in [5.74, 6) is -0.585. The summed E-state index contributed by atoms with van der Waals surface area (Å²) in [6, 6.07) is 16.1. The van der Waals surface area contributed by atoms with Gasteiger partial charge in [0.15, 0.2) is 0 Å². The lowest BCUT2D eigenvalue weighted by Gasteiger charge is -2.07. The predicted octanol–water partition coefficient (Wildman–Crippen LogP) is 2.40. The van der Waals surface area contributed by atoms with Crippen molar-refractivity contribution in [2.45, 2.75) is 18.8 Å². The number of nitrogens with one attached hydrogen (secondary N) is 2. The zero-order chi connectivity index (χ0) is 17.6. The molecule has 0 heterocycles. The highest BCUT2D eigenvalue weighted by Gasteiger charge is 2.43. The molecule has 3 rings (SSSR count). The Labute approximate surface area is 146 Å². The van der Waals surface area contributed by atoms with Crippen LogP contribution in [0.5, 0.6) is 0 Å². The second-order valence-corrected chi connectivity index (χ2v) is 6.30. The predicted molar refractivity (Wildman–Crippen MR) is 93.4 cm³/mol. The van der Waals surface area contributed by atoms with E-state index in [2.05, 4.69) is 10.6 Å². The fraction of sp³-hybridized carbons (Fsp3) is 0.300. The Bertz CT molecular complexity index is 731. The Kier molecular flexibility index (Phi) is 5.43. The van der Waals surface area contributed by atoms with Gasteiger partial charge in [-0.2, -0.15) is 0 Å². The van der Waals surface area contributed by atoms with Crippen LogP contribution in [0.1, 0.15) is 23.5 Å². The van der Waals surface area contributed by atoms with Gasteiger partial charge in [0.1, 0.15) is 5.82 Å². The molecule has 25 heavy (non-hydrogen) atoms. The first kappa shape index (κ1) is 17.1. The molecule has 2 amide bonds. The van der Waals surface area contributed by atoms with Gasteiger partial charge in [-0.15, -0.1) is 0 Å². The van der Waals surface area contributed by atoms with Crippen molar-refractivity contribution in [3.05, 3.63) is 71.5 Å². The van der Waals surface area contributed by atoms with Gasteiger partial charge in [0.05, 0.1) is 6.54 Å². The first-order valence-electron chi connectivity index (χ1n) is 8.47. The van der Waals surface area contributed by atoms with Crippen LogP contribution in [0.2, 0.25) is 0 Å². The summed E-state index contributed by atoms with van der Waals surface area (Å²) in [6.45, 7) is 0.528. The molecule has 2 N–H and O–H groups in total. The Morgan fingerprint density at radius 1 is 1.00 bits per heavy atom. The van der Waals surface area contributed by atoms with Gasteiger partial charge in [-0.3, -0.25) is 9.59 Å². The van der Waals surface area contributed by atoms with Gasteiger partial charge in [-0.25, -0.2) is 4.39 Å². The second kappa shape index (κ2) is 7.92. The smallest absolute Gasteiger partial charge is 0.239 e. The van der Waals surface area contributed by atoms with Crippen molar-refractivity contribution in [1.82, 2.24) is 10.6 Å². The highest BCUT2D eigenvalue weighted by Crippen LogP contribution is 2.47. The molecule has 1 fully saturated rings. The third kappa shape index (κ3) is 4.89. The quantitative estimate of drug-likeness (QED) is 0.813. The molecule has 0 aromatic heterocycles. The lowest BCUT2D eigenvalue weighted by molar-refractivity contribution is -0.126. The van der Waals surface area contributed by atoms with E-state index >= 15 is 0 Å². The molecule has 1 saturated carbocycles. The molecule has 1 aliphatic rings. The van der Waals surface area contributed by atoms with Crippen LogP contribution in [-0.2, 0) is 16.0 Å². The molecule has 0 aliphatic heterocycles. The molecule has 0 spiro atoms. The van der Waals surface area contributed by atoms with Gasteiger partial charge in [0, 0.05) is 12.5 Å². The van der Waals surface area contributed by atoms with E-state index in [0.29, 0.717) is 6.54 Å². The van der Waals surface area contributed by atoms with Crippen molar-refractivity contribution in [2.24, 2.45) is 5.92 Å². The van der Waals surface area contributed by atoms with E-state index in [0.717, 1.165) is 24.0 Å². The van der Waals surface area contributed by atoms with Gasteiger partial charge in [-0.1, -0.05) is 42.5 Å². The van der Waals surface area contributed by atoms with Crippen LogP contribution >= 0.6 is 0 Å². The largest absolute Gasteiger partial charge is 0.354 e. The lowest BCUT2D eigenvalue weighted by Crippen LogP contribution is -2.38. The molecule has 2 aromatic carbocycles. The molecule has 130 valence electrons. The summed E-state index contributed by atoms with van der Waals surface area (Å²) in [5.41, 5.74) is 2.13. The standard InChI is InChI=1S/C20H21FN2O2/c21-16-8-6-15(7-9-16)17-12-18(17)20(25)23-13-19(24)22-11-10-14-4-2-1-3-5-14/h1-9,17-18H,10-13H2,(H,22,24)(H,23,25)/t17-,18+/m0/s1. The Morgan fingerprint density at radius 3 is 2.44 bits per heavy atom. The average Bonchev–Trinajstić information content (AvgIpc) is 3.42. The molecular formula is C20H21FN2O2. The summed E-state index contributed by atoms with van der Waals surface area (Å²) in [6.07, 6.45) is 1.50. The molecule has 0 radical (unpaired) electrons. The fourth-order valence-corrected chi connectivity index (χ4v) is 2.92. The van der Waals surface area contributed by atoms with Crippen LogP contribution in [-0.4, -0.2) is 24.9 Å². The topological polar surface area (TPSA) is 58.2 Å². The molecule has 0 unspecified atom stereocenters. The van der Waals surface area contributed by atoms with Crippen LogP contribution in [0.25, 0.3) is 0 Å². The van der Waals surface area contributed by atoms with E-state index in [1.54, 1.807) is 12.1 Å². The molecule has 2 aromatic rings. The number of hydrogen-bond donors (Lipinski definition) is 2. The molecule has 1 aliphatic carbocycles. The van der Waals surface area contributed by atoms with E-state index in [1.807, 2.05) is 30.3 Å². The second-order valence-electron chi connectivity index (χ2n) is 6.30. The van der Waals surface area contributed by atoms with Crippen molar-refractivity contribution >= 4 is 11.8 Å². The number of hydrogen-bond acceptors (Lipinski definition) is 2. The van der Waals surface area contributed by atoms with Crippen LogP contribution in [0.15, 0.2) is 54.6 Å². The molecular weight excluding hydrogens is 319 g/mol. The fourth-order valence-electron chi connectivity index (χ4n) is 2.92. The number of benzene rings is 2. The lowest BCUT2D eigenvalue weighted by atomic mass is 10.1. The molecule has 0 bridgehead atoms. The van der Waals surface area contributed by atoms with Crippen molar-refractivity contribution in [2.75, 3.05) is 13.1 Å². The van der Waals surface area contributed by atoms with Crippen molar-refractivity contribution in [1.29, 1.82) is 0 Å². The van der Waals surface area contributed by atoms with Gasteiger partial charge in [0.2, 0.25) is 11.8 Å². The third-order valence-corrected chi connectivity index (χ3v) is 4.43. The number of amides is 2. The van der Waals surface area contributed by atoms with Crippen LogP contribution < -0.4 is 10.6 Å². The van der Waals surface area contributed by atoms with Crippen LogP contribution in [0.4, 0.5) is 4.39 Å². The normalized spacial score (nSPS) is 18.4. The van der Waals surface area contributed by atoms with Crippen LogP contribution in [0.3, 0.4) is 0 Å². The first-order chi connectivity index (χ1) is 12.1. The summed E-state index contributed by atoms with van der Waals surface area (Å²) < 4.78 is 12.9. The highest BCUT2D eigenvalue weighted by molar-refractivity contribution is 5.87. The SMILES string of the molecule is O=C(CNC(=O)[C@@H]1C[C@H]1c1ccc(F)cc1)NCCc1ccccc1. The van der Waals surface area contributed by atoms with E-state index in [1.165, 1.54) is 12.1 Å². The highest BCUT2D eigenvalue weighted by atomic mass is 19.1. The number of carbonyl (C=O) groups excluding carboxylic acids is 2. The first-order valence-corrected chi connectivity index (χ1v) is 8.47. The number of carbonyl (C=O) groups is 2. The maximum Gasteiger partial charge on any atom is 0.239 e. The monoisotopic (exact) mass is 340 g/mol. The molecule has 4 nitrogen and oxygen atoms in total. The van der Waals surface area contributed by atoms with Gasteiger partial charge in [0.25, 0.3) is 0 Å². The van der Waals surface area contributed by atoms with E-state index in [9.17, 15) is 14.0 Å². The Hall–Kier alpha value is -2.69. The minimum absolute atomic E-state index is 0.0136. The minimum atomic E-state index is -0.280. The molecule has 2 atom stereocenters. The molecule has 0 saturated heterocycles. The van der Waals surface area contributed by atoms with E-state index < -0.39 is 0 Å². The van der Waals surface area contributed by atoms with E-state index in [-0.39, 0.29) is 36.0 Å². The van der Waals surface area contributed by atoms with Gasteiger partial charge in [-0.05, 0) is 42.0 Å².